The van der Waals surface area contributed by atoms with Crippen molar-refractivity contribution in [1.29, 1.82) is 0 Å². The molecule has 1 fully saturated rings. The minimum Gasteiger partial charge on any atom is -0.365 e. The molecule has 0 saturated carbocycles. The van der Waals surface area contributed by atoms with Crippen LogP contribution in [0, 0.1) is 18.6 Å². The Bertz CT molecular complexity index is 835. The molecular formula is C20H30F2IN7. The van der Waals surface area contributed by atoms with Crippen LogP contribution >= 0.6 is 24.0 Å². The third-order valence-electron chi connectivity index (χ3n) is 5.17. The van der Waals surface area contributed by atoms with Crippen LogP contribution < -0.4 is 15.5 Å². The molecule has 1 aliphatic rings. The van der Waals surface area contributed by atoms with E-state index in [9.17, 15) is 8.78 Å². The minimum atomic E-state index is -0.529. The third-order valence-corrected chi connectivity index (χ3v) is 5.17. The first kappa shape index (κ1) is 24.3. The van der Waals surface area contributed by atoms with Gasteiger partial charge in [0.2, 0.25) is 0 Å². The van der Waals surface area contributed by atoms with Crippen molar-refractivity contribution in [3.63, 3.8) is 0 Å². The standard InChI is InChI=1S/C20H29F2N7.HI/c1-4-5-10-23-20(24-12-18-27-26-14(2)28(18)3)25-15-9-11-29(13-15)19-16(21)7-6-8-17(19)22;/h6-8,15H,4-5,9-13H2,1-3H3,(H2,23,24,25);1H. The zero-order valence-corrected chi connectivity index (χ0v) is 20.0. The number of hydrogen-bond acceptors (Lipinski definition) is 4. The molecule has 2 heterocycles. The highest BCUT2D eigenvalue weighted by molar-refractivity contribution is 14.0. The van der Waals surface area contributed by atoms with Crippen LogP contribution in [0.1, 0.15) is 37.8 Å². The first-order valence-corrected chi connectivity index (χ1v) is 10.1. The first-order chi connectivity index (χ1) is 14.0. The van der Waals surface area contributed by atoms with Gasteiger partial charge in [0.25, 0.3) is 0 Å². The van der Waals surface area contributed by atoms with Gasteiger partial charge < -0.3 is 20.1 Å². The van der Waals surface area contributed by atoms with Crippen molar-refractivity contribution in [3.05, 3.63) is 41.5 Å². The molecule has 1 saturated heterocycles. The van der Waals surface area contributed by atoms with Gasteiger partial charge in [-0.2, -0.15) is 0 Å². The molecule has 0 amide bonds. The SMILES string of the molecule is CCCCNC(=NCc1nnc(C)n1C)NC1CCN(c2c(F)cccc2F)C1.I. The van der Waals surface area contributed by atoms with E-state index in [1.54, 1.807) is 4.90 Å². The van der Waals surface area contributed by atoms with Crippen molar-refractivity contribution >= 4 is 35.6 Å². The summed E-state index contributed by atoms with van der Waals surface area (Å²) in [6.45, 7) is 6.32. The van der Waals surface area contributed by atoms with E-state index in [2.05, 4.69) is 32.7 Å². The van der Waals surface area contributed by atoms with E-state index in [-0.39, 0.29) is 35.7 Å². The highest BCUT2D eigenvalue weighted by Gasteiger charge is 2.27. The molecule has 1 aromatic heterocycles. The highest BCUT2D eigenvalue weighted by Crippen LogP contribution is 2.26. The molecule has 166 valence electrons. The summed E-state index contributed by atoms with van der Waals surface area (Å²) in [6, 6.07) is 4.02. The van der Waals surface area contributed by atoms with E-state index in [1.165, 1.54) is 18.2 Å². The fraction of sp³-hybridized carbons (Fsp3) is 0.550. The lowest BCUT2D eigenvalue weighted by Gasteiger charge is -2.21. The lowest BCUT2D eigenvalue weighted by atomic mass is 10.2. The Labute approximate surface area is 193 Å². The fourth-order valence-electron chi connectivity index (χ4n) is 3.34. The van der Waals surface area contributed by atoms with Crippen molar-refractivity contribution < 1.29 is 8.78 Å². The van der Waals surface area contributed by atoms with Gasteiger partial charge in [0.05, 0.1) is 0 Å². The monoisotopic (exact) mass is 533 g/mol. The number of rotatable bonds is 7. The molecule has 30 heavy (non-hydrogen) atoms. The predicted molar refractivity (Wildman–Crippen MR) is 125 cm³/mol. The Kier molecular flexibility index (Phi) is 9.25. The summed E-state index contributed by atoms with van der Waals surface area (Å²) in [4.78, 5) is 6.39. The van der Waals surface area contributed by atoms with Gasteiger partial charge in [-0.1, -0.05) is 19.4 Å². The van der Waals surface area contributed by atoms with E-state index in [0.29, 0.717) is 25.6 Å². The quantitative estimate of drug-likeness (QED) is 0.248. The fourth-order valence-corrected chi connectivity index (χ4v) is 3.34. The smallest absolute Gasteiger partial charge is 0.191 e. The number of guanidine groups is 1. The molecule has 0 aliphatic carbocycles. The summed E-state index contributed by atoms with van der Waals surface area (Å²) in [7, 11) is 1.91. The van der Waals surface area contributed by atoms with E-state index < -0.39 is 11.6 Å². The Morgan fingerprint density at radius 1 is 1.27 bits per heavy atom. The zero-order chi connectivity index (χ0) is 20.8. The Morgan fingerprint density at radius 3 is 2.63 bits per heavy atom. The van der Waals surface area contributed by atoms with Gasteiger partial charge >= 0.3 is 0 Å². The van der Waals surface area contributed by atoms with Gasteiger partial charge in [0.15, 0.2) is 11.8 Å². The van der Waals surface area contributed by atoms with E-state index >= 15 is 0 Å². The maximum Gasteiger partial charge on any atom is 0.191 e. The van der Waals surface area contributed by atoms with Gasteiger partial charge in [0, 0.05) is 32.7 Å². The van der Waals surface area contributed by atoms with Gasteiger partial charge in [-0.3, -0.25) is 0 Å². The number of anilines is 1. The number of halogens is 3. The number of unbranched alkanes of at least 4 members (excludes halogenated alkanes) is 1. The van der Waals surface area contributed by atoms with Crippen molar-refractivity contribution in [2.75, 3.05) is 24.5 Å². The number of para-hydroxylation sites is 1. The molecule has 0 bridgehead atoms. The number of aromatic nitrogens is 3. The highest BCUT2D eigenvalue weighted by atomic mass is 127. The van der Waals surface area contributed by atoms with Crippen LogP contribution in [0.3, 0.4) is 0 Å². The van der Waals surface area contributed by atoms with Crippen LogP contribution in [0.15, 0.2) is 23.2 Å². The molecule has 1 unspecified atom stereocenters. The average molecular weight is 533 g/mol. The topological polar surface area (TPSA) is 70.4 Å². The summed E-state index contributed by atoms with van der Waals surface area (Å²) >= 11 is 0. The zero-order valence-electron chi connectivity index (χ0n) is 17.7. The second-order valence-electron chi connectivity index (χ2n) is 7.31. The maximum absolute atomic E-state index is 14.1. The van der Waals surface area contributed by atoms with Crippen LogP contribution in [-0.2, 0) is 13.6 Å². The molecule has 3 rings (SSSR count). The second kappa shape index (κ2) is 11.4. The van der Waals surface area contributed by atoms with Crippen LogP contribution in [0.2, 0.25) is 0 Å². The molecule has 1 aliphatic heterocycles. The summed E-state index contributed by atoms with van der Waals surface area (Å²) in [6.07, 6.45) is 2.87. The summed E-state index contributed by atoms with van der Waals surface area (Å²) in [5, 5.41) is 14.9. The van der Waals surface area contributed by atoms with Crippen molar-refractivity contribution in [2.24, 2.45) is 12.0 Å². The van der Waals surface area contributed by atoms with Crippen molar-refractivity contribution in [1.82, 2.24) is 25.4 Å². The average Bonchev–Trinajstić information content (AvgIpc) is 3.27. The largest absolute Gasteiger partial charge is 0.365 e. The van der Waals surface area contributed by atoms with Gasteiger partial charge in [-0.25, -0.2) is 13.8 Å². The molecule has 10 heteroatoms. The van der Waals surface area contributed by atoms with E-state index in [1.807, 2.05) is 18.5 Å². The third kappa shape index (κ3) is 6.02. The van der Waals surface area contributed by atoms with Crippen LogP contribution in [0.5, 0.6) is 0 Å². The molecular weight excluding hydrogens is 503 g/mol. The Hall–Kier alpha value is -1.98. The van der Waals surface area contributed by atoms with Crippen LogP contribution in [0.25, 0.3) is 0 Å². The number of hydrogen-bond donors (Lipinski definition) is 2. The lowest BCUT2D eigenvalue weighted by Crippen LogP contribution is -2.45. The lowest BCUT2D eigenvalue weighted by molar-refractivity contribution is 0.575. The number of aryl methyl sites for hydroxylation is 1. The molecule has 0 radical (unpaired) electrons. The normalized spacial score (nSPS) is 16.5. The number of nitrogens with zero attached hydrogens (tertiary/aromatic N) is 5. The van der Waals surface area contributed by atoms with Crippen LogP contribution in [0.4, 0.5) is 14.5 Å². The van der Waals surface area contributed by atoms with E-state index in [0.717, 1.165) is 37.5 Å². The maximum atomic E-state index is 14.1. The van der Waals surface area contributed by atoms with Gasteiger partial charge in [-0.05, 0) is 31.9 Å². The molecule has 0 spiro atoms. The summed E-state index contributed by atoms with van der Waals surface area (Å²) < 4.78 is 30.1. The van der Waals surface area contributed by atoms with E-state index in [4.69, 9.17) is 0 Å². The van der Waals surface area contributed by atoms with Gasteiger partial charge in [-0.15, -0.1) is 34.2 Å². The Balaban J connectivity index is 0.00000320. The molecule has 2 aromatic rings. The number of nitrogens with one attached hydrogen (secondary N) is 2. The molecule has 1 aromatic carbocycles. The number of aliphatic imine (C=N–C) groups is 1. The molecule has 1 atom stereocenters. The Morgan fingerprint density at radius 2 is 2.00 bits per heavy atom. The summed E-state index contributed by atoms with van der Waals surface area (Å²) in [5.41, 5.74) is 0.0452. The second-order valence-corrected chi connectivity index (χ2v) is 7.31. The van der Waals surface area contributed by atoms with Crippen molar-refractivity contribution in [3.8, 4) is 0 Å². The number of benzene rings is 1. The minimum absolute atomic E-state index is 0. The van der Waals surface area contributed by atoms with Crippen molar-refractivity contribution in [2.45, 2.75) is 45.7 Å². The molecule has 7 nitrogen and oxygen atoms in total. The van der Waals surface area contributed by atoms with Gasteiger partial charge in [0.1, 0.15) is 29.7 Å². The predicted octanol–water partition coefficient (Wildman–Crippen LogP) is 3.13. The molecule has 2 N–H and O–H groups in total. The summed E-state index contributed by atoms with van der Waals surface area (Å²) in [5.74, 6) is 1.24. The van der Waals surface area contributed by atoms with Crippen LogP contribution in [-0.4, -0.2) is 46.4 Å². The first-order valence-electron chi connectivity index (χ1n) is 10.1.